The zero-order valence-electron chi connectivity index (χ0n) is 12.8. The monoisotopic (exact) mass is 350 g/mol. The zero-order valence-corrected chi connectivity index (χ0v) is 15.2. The molecule has 1 aromatic rings. The molecule has 0 atom stereocenters. The lowest BCUT2D eigenvalue weighted by molar-refractivity contribution is 0.225. The number of thiophene rings is 1. The summed E-state index contributed by atoms with van der Waals surface area (Å²) in [6, 6.07) is 1.75. The Morgan fingerprint density at radius 3 is 2.48 bits per heavy atom. The van der Waals surface area contributed by atoms with Crippen molar-refractivity contribution in [2.75, 3.05) is 33.7 Å². The third-order valence-electron chi connectivity index (χ3n) is 3.91. The molecule has 1 aliphatic heterocycles. The van der Waals surface area contributed by atoms with Gasteiger partial charge in [-0.25, -0.2) is 8.42 Å². The van der Waals surface area contributed by atoms with Gasteiger partial charge >= 0.3 is 0 Å². The van der Waals surface area contributed by atoms with Crippen LogP contribution in [-0.2, 0) is 15.9 Å². The van der Waals surface area contributed by atoms with Gasteiger partial charge in [0, 0.05) is 24.5 Å². The van der Waals surface area contributed by atoms with Gasteiger partial charge in [0.15, 0.2) is 0 Å². The highest BCUT2D eigenvalue weighted by molar-refractivity contribution is 7.91. The molecule has 1 aromatic heterocycles. The molecule has 1 fully saturated rings. The summed E-state index contributed by atoms with van der Waals surface area (Å²) in [5, 5.41) is 0. The SMILES string of the molecule is Cc1cc(S(=O)(=O)N2CCC(CN(C)C)CC2)sc1CCl. The Morgan fingerprint density at radius 1 is 1.38 bits per heavy atom. The van der Waals surface area contributed by atoms with E-state index < -0.39 is 10.0 Å². The van der Waals surface area contributed by atoms with Gasteiger partial charge in [-0.15, -0.1) is 22.9 Å². The predicted molar refractivity (Wildman–Crippen MR) is 88.6 cm³/mol. The van der Waals surface area contributed by atoms with Crippen molar-refractivity contribution in [3.05, 3.63) is 16.5 Å². The van der Waals surface area contributed by atoms with E-state index in [0.29, 0.717) is 29.1 Å². The molecule has 1 saturated heterocycles. The Morgan fingerprint density at radius 2 is 2.00 bits per heavy atom. The van der Waals surface area contributed by atoms with Gasteiger partial charge < -0.3 is 4.90 Å². The first-order valence-corrected chi connectivity index (χ1v) is 9.94. The van der Waals surface area contributed by atoms with Gasteiger partial charge in [0.2, 0.25) is 0 Å². The summed E-state index contributed by atoms with van der Waals surface area (Å²) in [6.45, 7) is 4.18. The van der Waals surface area contributed by atoms with Crippen LogP contribution >= 0.6 is 22.9 Å². The number of halogens is 1. The summed E-state index contributed by atoms with van der Waals surface area (Å²) in [6.07, 6.45) is 1.87. The predicted octanol–water partition coefficient (Wildman–Crippen LogP) is 2.76. The van der Waals surface area contributed by atoms with E-state index in [1.54, 1.807) is 10.4 Å². The maximum absolute atomic E-state index is 12.7. The fourth-order valence-corrected chi connectivity index (χ4v) is 6.16. The summed E-state index contributed by atoms with van der Waals surface area (Å²) < 4.78 is 27.4. The maximum Gasteiger partial charge on any atom is 0.252 e. The smallest absolute Gasteiger partial charge is 0.252 e. The maximum atomic E-state index is 12.7. The minimum atomic E-state index is -3.35. The second-order valence-electron chi connectivity index (χ2n) is 5.91. The summed E-state index contributed by atoms with van der Waals surface area (Å²) in [7, 11) is 0.775. The van der Waals surface area contributed by atoms with Crippen molar-refractivity contribution in [2.45, 2.75) is 29.9 Å². The van der Waals surface area contributed by atoms with Gasteiger partial charge in [-0.2, -0.15) is 4.31 Å². The average molecular weight is 351 g/mol. The Hall–Kier alpha value is -0.140. The van der Waals surface area contributed by atoms with Crippen molar-refractivity contribution in [3.63, 3.8) is 0 Å². The number of hydrogen-bond acceptors (Lipinski definition) is 4. The number of alkyl halides is 1. The molecular formula is C14H23ClN2O2S2. The van der Waals surface area contributed by atoms with Crippen LogP contribution < -0.4 is 0 Å². The van der Waals surface area contributed by atoms with Gasteiger partial charge in [0.05, 0.1) is 5.88 Å². The van der Waals surface area contributed by atoms with E-state index in [4.69, 9.17) is 11.6 Å². The molecule has 0 radical (unpaired) electrons. The van der Waals surface area contributed by atoms with Crippen molar-refractivity contribution >= 4 is 33.0 Å². The van der Waals surface area contributed by atoms with E-state index in [1.807, 2.05) is 6.92 Å². The van der Waals surface area contributed by atoms with Crippen molar-refractivity contribution in [2.24, 2.45) is 5.92 Å². The topological polar surface area (TPSA) is 40.6 Å². The molecule has 0 amide bonds. The molecule has 21 heavy (non-hydrogen) atoms. The molecule has 2 rings (SSSR count). The lowest BCUT2D eigenvalue weighted by Gasteiger charge is -2.32. The average Bonchev–Trinajstić information content (AvgIpc) is 2.80. The number of sulfonamides is 1. The summed E-state index contributed by atoms with van der Waals surface area (Å²) in [5.41, 5.74) is 0.969. The first-order chi connectivity index (χ1) is 9.84. The highest BCUT2D eigenvalue weighted by Gasteiger charge is 2.31. The van der Waals surface area contributed by atoms with Crippen LogP contribution in [0.5, 0.6) is 0 Å². The van der Waals surface area contributed by atoms with Crippen LogP contribution in [0.15, 0.2) is 10.3 Å². The minimum Gasteiger partial charge on any atom is -0.309 e. The van der Waals surface area contributed by atoms with Crippen LogP contribution in [0.25, 0.3) is 0 Å². The molecule has 120 valence electrons. The van der Waals surface area contributed by atoms with Gasteiger partial charge in [0.25, 0.3) is 10.0 Å². The normalized spacial score (nSPS) is 18.5. The Balaban J connectivity index is 2.07. The second-order valence-corrected chi connectivity index (χ2v) is 9.48. The van der Waals surface area contributed by atoms with Crippen molar-refractivity contribution in [1.29, 1.82) is 0 Å². The van der Waals surface area contributed by atoms with Crippen LogP contribution in [0, 0.1) is 12.8 Å². The largest absolute Gasteiger partial charge is 0.309 e. The zero-order chi connectivity index (χ0) is 15.6. The molecule has 0 bridgehead atoms. The van der Waals surface area contributed by atoms with E-state index in [-0.39, 0.29) is 0 Å². The van der Waals surface area contributed by atoms with E-state index in [0.717, 1.165) is 29.8 Å². The minimum absolute atomic E-state index is 0.372. The molecule has 0 N–H and O–H groups in total. The molecule has 1 aliphatic rings. The van der Waals surface area contributed by atoms with Gasteiger partial charge in [-0.1, -0.05) is 0 Å². The standard InChI is InChI=1S/C14H23ClN2O2S2/c1-11-8-14(20-13(11)9-15)21(18,19)17-6-4-12(5-7-17)10-16(2)3/h8,12H,4-7,9-10H2,1-3H3. The fraction of sp³-hybridized carbons (Fsp3) is 0.714. The molecule has 0 aliphatic carbocycles. The third-order valence-corrected chi connectivity index (χ3v) is 7.92. The van der Waals surface area contributed by atoms with Gasteiger partial charge in [0.1, 0.15) is 4.21 Å². The van der Waals surface area contributed by atoms with Crippen LogP contribution in [-0.4, -0.2) is 51.4 Å². The quantitative estimate of drug-likeness (QED) is 0.767. The lowest BCUT2D eigenvalue weighted by Crippen LogP contribution is -2.40. The summed E-state index contributed by atoms with van der Waals surface area (Å²) in [5.74, 6) is 0.964. The molecule has 0 aromatic carbocycles. The van der Waals surface area contributed by atoms with Crippen molar-refractivity contribution in [1.82, 2.24) is 9.21 Å². The first kappa shape index (κ1) is 17.2. The molecule has 0 spiro atoms. The lowest BCUT2D eigenvalue weighted by atomic mass is 9.98. The molecule has 4 nitrogen and oxygen atoms in total. The second kappa shape index (κ2) is 6.96. The molecule has 0 saturated carbocycles. The fourth-order valence-electron chi connectivity index (χ4n) is 2.72. The summed E-state index contributed by atoms with van der Waals surface area (Å²) in [4.78, 5) is 3.11. The van der Waals surface area contributed by atoms with Gasteiger partial charge in [-0.3, -0.25) is 0 Å². The number of piperidine rings is 1. The third kappa shape index (κ3) is 3.99. The number of nitrogens with zero attached hydrogens (tertiary/aromatic N) is 2. The van der Waals surface area contributed by atoms with Crippen LogP contribution in [0.4, 0.5) is 0 Å². The highest BCUT2D eigenvalue weighted by Crippen LogP contribution is 2.31. The van der Waals surface area contributed by atoms with Crippen molar-refractivity contribution < 1.29 is 8.42 Å². The number of rotatable bonds is 5. The van der Waals surface area contributed by atoms with E-state index in [1.165, 1.54) is 11.3 Å². The molecule has 2 heterocycles. The van der Waals surface area contributed by atoms with Gasteiger partial charge in [-0.05, 0) is 51.4 Å². The first-order valence-electron chi connectivity index (χ1n) is 7.14. The summed E-state index contributed by atoms with van der Waals surface area (Å²) >= 11 is 7.15. The van der Waals surface area contributed by atoms with E-state index in [9.17, 15) is 8.42 Å². The van der Waals surface area contributed by atoms with Crippen LogP contribution in [0.3, 0.4) is 0 Å². The van der Waals surface area contributed by atoms with Crippen LogP contribution in [0.2, 0.25) is 0 Å². The number of aryl methyl sites for hydroxylation is 1. The molecule has 0 unspecified atom stereocenters. The van der Waals surface area contributed by atoms with E-state index >= 15 is 0 Å². The van der Waals surface area contributed by atoms with E-state index in [2.05, 4.69) is 19.0 Å². The van der Waals surface area contributed by atoms with Crippen LogP contribution in [0.1, 0.15) is 23.3 Å². The Labute approximate surface area is 136 Å². The number of hydrogen-bond donors (Lipinski definition) is 0. The molecule has 7 heteroatoms. The Kier molecular flexibility index (Phi) is 5.71. The molecular weight excluding hydrogens is 328 g/mol. The highest BCUT2D eigenvalue weighted by atomic mass is 35.5. The Bertz CT molecular complexity index is 576. The van der Waals surface area contributed by atoms with Crippen molar-refractivity contribution in [3.8, 4) is 0 Å².